The normalized spacial score (nSPS) is 21.6. The van der Waals surface area contributed by atoms with Crippen LogP contribution in [0, 0.1) is 0 Å². The van der Waals surface area contributed by atoms with Crippen LogP contribution < -0.4 is 5.32 Å². The summed E-state index contributed by atoms with van der Waals surface area (Å²) in [5, 5.41) is 4.25. The van der Waals surface area contributed by atoms with E-state index in [1.807, 2.05) is 64.3 Å². The smallest absolute Gasteiger partial charge is 0.272 e. The van der Waals surface area contributed by atoms with E-state index in [1.54, 1.807) is 6.20 Å². The maximum Gasteiger partial charge on any atom is 0.272 e. The number of benzene rings is 1. The molecule has 1 N–H and O–H groups in total. The highest BCUT2D eigenvalue weighted by Gasteiger charge is 2.49. The molecule has 1 aromatic carbocycles. The molecule has 0 bridgehead atoms. The van der Waals surface area contributed by atoms with Crippen LogP contribution in [-0.2, 0) is 12.2 Å². The first-order valence-electron chi connectivity index (χ1n) is 8.61. The lowest BCUT2D eigenvalue weighted by Gasteiger charge is -2.43. The van der Waals surface area contributed by atoms with Gasteiger partial charge in [0.2, 0.25) is 0 Å². The van der Waals surface area contributed by atoms with Gasteiger partial charge in [-0.3, -0.25) is 15.1 Å². The zero-order chi connectivity index (χ0) is 17.7. The van der Waals surface area contributed by atoms with E-state index in [1.165, 1.54) is 0 Å². The van der Waals surface area contributed by atoms with Gasteiger partial charge in [-0.05, 0) is 29.8 Å². The van der Waals surface area contributed by atoms with Crippen LogP contribution in [0.5, 0.6) is 0 Å². The third kappa shape index (κ3) is 2.21. The predicted octanol–water partition coefficient (Wildman–Crippen LogP) is 3.12. The van der Waals surface area contributed by atoms with Crippen molar-refractivity contribution in [2.45, 2.75) is 12.2 Å². The van der Waals surface area contributed by atoms with Crippen molar-refractivity contribution in [1.29, 1.82) is 0 Å². The minimum atomic E-state index is -0.528. The highest BCUT2D eigenvalue weighted by atomic mass is 35.5. The highest BCUT2D eigenvalue weighted by molar-refractivity contribution is 6.30. The second-order valence-corrected chi connectivity index (χ2v) is 7.17. The number of carbonyl (C=O) groups is 1. The molecule has 0 saturated carbocycles. The van der Waals surface area contributed by atoms with Gasteiger partial charge in [0.1, 0.15) is 11.4 Å². The van der Waals surface area contributed by atoms with E-state index in [4.69, 9.17) is 11.6 Å². The molecule has 1 unspecified atom stereocenters. The van der Waals surface area contributed by atoms with Crippen molar-refractivity contribution >= 4 is 17.5 Å². The van der Waals surface area contributed by atoms with Gasteiger partial charge in [0.25, 0.3) is 5.91 Å². The number of nitrogens with zero attached hydrogens (tertiary/aromatic N) is 3. The van der Waals surface area contributed by atoms with E-state index in [0.717, 1.165) is 28.9 Å². The fourth-order valence-electron chi connectivity index (χ4n) is 4.05. The molecule has 1 atom stereocenters. The first-order chi connectivity index (χ1) is 12.7. The first kappa shape index (κ1) is 15.6. The summed E-state index contributed by atoms with van der Waals surface area (Å²) in [5.41, 5.74) is 3.26. The quantitative estimate of drug-likeness (QED) is 0.760. The van der Waals surface area contributed by atoms with Gasteiger partial charge in [-0.15, -0.1) is 0 Å². The van der Waals surface area contributed by atoms with Crippen molar-refractivity contribution in [2.24, 2.45) is 0 Å². The lowest BCUT2D eigenvalue weighted by Crippen LogP contribution is -2.57. The van der Waals surface area contributed by atoms with Crippen molar-refractivity contribution in [1.82, 2.24) is 19.8 Å². The second-order valence-electron chi connectivity index (χ2n) is 6.73. The number of hydrogen-bond donors (Lipinski definition) is 1. The summed E-state index contributed by atoms with van der Waals surface area (Å²) in [6.45, 7) is 2.12. The van der Waals surface area contributed by atoms with E-state index in [0.29, 0.717) is 18.1 Å². The number of halogens is 1. The summed E-state index contributed by atoms with van der Waals surface area (Å²) in [6, 6.07) is 13.6. The number of fused-ring (bicyclic) bond motifs is 2. The molecule has 1 saturated heterocycles. The molecule has 0 spiro atoms. The largest absolute Gasteiger partial charge is 0.339 e. The Morgan fingerprint density at radius 1 is 1.15 bits per heavy atom. The van der Waals surface area contributed by atoms with Gasteiger partial charge in [-0.1, -0.05) is 29.8 Å². The molecule has 1 fully saturated rings. The maximum atomic E-state index is 13.2. The molecule has 2 aromatic heterocycles. The Morgan fingerprint density at radius 2 is 2.00 bits per heavy atom. The molecule has 2 aliphatic heterocycles. The monoisotopic (exact) mass is 364 g/mol. The van der Waals surface area contributed by atoms with Crippen LogP contribution in [0.25, 0.3) is 11.1 Å². The summed E-state index contributed by atoms with van der Waals surface area (Å²) in [4.78, 5) is 19.3. The fourth-order valence-corrected chi connectivity index (χ4v) is 4.17. The Labute approximate surface area is 156 Å². The van der Waals surface area contributed by atoms with Crippen LogP contribution in [0.3, 0.4) is 0 Å². The van der Waals surface area contributed by atoms with Gasteiger partial charge in [0, 0.05) is 47.8 Å². The van der Waals surface area contributed by atoms with Gasteiger partial charge in [0.15, 0.2) is 0 Å². The van der Waals surface area contributed by atoms with Crippen molar-refractivity contribution in [3.63, 3.8) is 0 Å². The third-order valence-electron chi connectivity index (χ3n) is 5.29. The SMILES string of the molecule is O=C1c2cc(-c3cccnc3)cn2CC2(c3ccc(Cl)cc3)NCCN12. The molecule has 1 amide bonds. The molecule has 26 heavy (non-hydrogen) atoms. The van der Waals surface area contributed by atoms with E-state index in [-0.39, 0.29) is 5.91 Å². The topological polar surface area (TPSA) is 50.2 Å². The van der Waals surface area contributed by atoms with Gasteiger partial charge < -0.3 is 9.47 Å². The molecule has 0 aliphatic carbocycles. The third-order valence-corrected chi connectivity index (χ3v) is 5.54. The average molecular weight is 365 g/mol. The minimum Gasteiger partial charge on any atom is -0.339 e. The number of carbonyl (C=O) groups excluding carboxylic acids is 1. The number of aromatic nitrogens is 2. The summed E-state index contributed by atoms with van der Waals surface area (Å²) in [5.74, 6) is 0.0475. The Kier molecular flexibility index (Phi) is 3.42. The number of amides is 1. The van der Waals surface area contributed by atoms with Gasteiger partial charge in [-0.2, -0.15) is 0 Å². The predicted molar refractivity (Wildman–Crippen MR) is 99.8 cm³/mol. The van der Waals surface area contributed by atoms with Crippen LogP contribution in [0.2, 0.25) is 5.02 Å². The first-order valence-corrected chi connectivity index (χ1v) is 8.99. The molecule has 4 heterocycles. The Bertz CT molecular complexity index is 983. The second kappa shape index (κ2) is 5.69. The van der Waals surface area contributed by atoms with E-state index < -0.39 is 5.66 Å². The molecule has 3 aromatic rings. The van der Waals surface area contributed by atoms with Gasteiger partial charge in [0.05, 0.1) is 6.54 Å². The van der Waals surface area contributed by atoms with Crippen molar-refractivity contribution in [3.05, 3.63) is 77.3 Å². The zero-order valence-electron chi connectivity index (χ0n) is 14.0. The summed E-state index contributed by atoms with van der Waals surface area (Å²) < 4.78 is 2.05. The molecule has 0 radical (unpaired) electrons. The van der Waals surface area contributed by atoms with Gasteiger partial charge >= 0.3 is 0 Å². The van der Waals surface area contributed by atoms with Gasteiger partial charge in [-0.25, -0.2) is 0 Å². The zero-order valence-corrected chi connectivity index (χ0v) is 14.8. The van der Waals surface area contributed by atoms with Crippen LogP contribution in [-0.4, -0.2) is 33.4 Å². The Morgan fingerprint density at radius 3 is 2.77 bits per heavy atom. The van der Waals surface area contributed by atoms with Crippen molar-refractivity contribution in [3.8, 4) is 11.1 Å². The average Bonchev–Trinajstić information content (AvgIpc) is 3.28. The minimum absolute atomic E-state index is 0.0475. The highest BCUT2D eigenvalue weighted by Crippen LogP contribution is 2.38. The summed E-state index contributed by atoms with van der Waals surface area (Å²) in [7, 11) is 0. The Balaban J connectivity index is 1.62. The Hall–Kier alpha value is -2.63. The van der Waals surface area contributed by atoms with Crippen LogP contribution >= 0.6 is 11.6 Å². The molecule has 5 rings (SSSR count). The van der Waals surface area contributed by atoms with Crippen LogP contribution in [0.15, 0.2) is 61.1 Å². The van der Waals surface area contributed by atoms with Crippen molar-refractivity contribution < 1.29 is 4.79 Å². The standard InChI is InChI=1S/C20H17ClN4O/c21-17-5-3-16(4-6-17)20-13-24-12-15(14-2-1-7-22-11-14)10-18(24)19(26)25(20)9-8-23-20/h1-7,10-12,23H,8-9,13H2. The van der Waals surface area contributed by atoms with Crippen LogP contribution in [0.1, 0.15) is 16.1 Å². The number of hydrogen-bond acceptors (Lipinski definition) is 3. The number of rotatable bonds is 2. The van der Waals surface area contributed by atoms with Crippen LogP contribution in [0.4, 0.5) is 0 Å². The summed E-state index contributed by atoms with van der Waals surface area (Å²) >= 11 is 6.06. The number of nitrogens with one attached hydrogen (secondary N) is 1. The maximum absolute atomic E-state index is 13.2. The fraction of sp³-hybridized carbons (Fsp3) is 0.200. The van der Waals surface area contributed by atoms with E-state index in [9.17, 15) is 4.79 Å². The van der Waals surface area contributed by atoms with E-state index >= 15 is 0 Å². The molecule has 2 aliphatic rings. The lowest BCUT2D eigenvalue weighted by molar-refractivity contribution is 0.0398. The molecule has 6 heteroatoms. The molecular formula is C20H17ClN4O. The lowest BCUT2D eigenvalue weighted by atomic mass is 9.96. The molecular weight excluding hydrogens is 348 g/mol. The molecule has 5 nitrogen and oxygen atoms in total. The summed E-state index contributed by atoms with van der Waals surface area (Å²) in [6.07, 6.45) is 5.61. The number of pyridine rings is 1. The molecule has 130 valence electrons. The van der Waals surface area contributed by atoms with Crippen molar-refractivity contribution in [2.75, 3.05) is 13.1 Å². The van der Waals surface area contributed by atoms with E-state index in [2.05, 4.69) is 10.3 Å².